The fraction of sp³-hybridized carbons (Fsp3) is 0.691. The van der Waals surface area contributed by atoms with Crippen LogP contribution in [0.1, 0.15) is 181 Å². The Bertz CT molecular complexity index is 1300. The number of hydrogen-bond acceptors (Lipinski definition) is 9. The Morgan fingerprint density at radius 1 is 0.516 bits per heavy atom. The van der Waals surface area contributed by atoms with Crippen LogP contribution in [0, 0.1) is 0 Å². The van der Waals surface area contributed by atoms with Crippen LogP contribution in [0.25, 0.3) is 0 Å². The first kappa shape index (κ1) is 59.1. The Morgan fingerprint density at radius 2 is 0.953 bits per heavy atom. The van der Waals surface area contributed by atoms with E-state index in [9.17, 15) is 25.2 Å². The van der Waals surface area contributed by atoms with Crippen LogP contribution >= 0.6 is 0 Å². The molecule has 0 amide bonds. The van der Waals surface area contributed by atoms with Crippen molar-refractivity contribution in [2.75, 3.05) is 26.4 Å². The summed E-state index contributed by atoms with van der Waals surface area (Å²) in [4.78, 5) is 12.8. The van der Waals surface area contributed by atoms with Gasteiger partial charge in [0.2, 0.25) is 0 Å². The molecule has 0 aromatic rings. The number of ether oxygens (including phenoxy) is 4. The van der Waals surface area contributed by atoms with Gasteiger partial charge in [-0.1, -0.05) is 188 Å². The van der Waals surface area contributed by atoms with Crippen molar-refractivity contribution in [3.63, 3.8) is 0 Å². The summed E-state index contributed by atoms with van der Waals surface area (Å²) in [6.07, 6.45) is 55.9. The van der Waals surface area contributed by atoms with E-state index < -0.39 is 49.4 Å². The molecule has 6 atom stereocenters. The predicted octanol–water partition coefficient (Wildman–Crippen LogP) is 12.4. The summed E-state index contributed by atoms with van der Waals surface area (Å²) >= 11 is 0. The second kappa shape index (κ2) is 45.3. The van der Waals surface area contributed by atoms with E-state index in [2.05, 4.69) is 98.9 Å². The Morgan fingerprint density at radius 3 is 1.44 bits per heavy atom. The van der Waals surface area contributed by atoms with Crippen LogP contribution in [0.3, 0.4) is 0 Å². The number of aliphatic hydroxyl groups is 4. The van der Waals surface area contributed by atoms with Gasteiger partial charge in [-0.15, -0.1) is 0 Å². The Hall–Kier alpha value is -2.89. The molecule has 64 heavy (non-hydrogen) atoms. The third-order valence-electron chi connectivity index (χ3n) is 11.0. The highest BCUT2D eigenvalue weighted by Crippen LogP contribution is 2.22. The van der Waals surface area contributed by atoms with E-state index >= 15 is 0 Å². The molecule has 9 heteroatoms. The number of rotatable bonds is 42. The quantitative estimate of drug-likeness (QED) is 0.0268. The maximum Gasteiger partial charge on any atom is 0.306 e. The van der Waals surface area contributed by atoms with Crippen molar-refractivity contribution in [2.45, 2.75) is 218 Å². The molecule has 0 aromatic heterocycles. The molecule has 6 unspecified atom stereocenters. The van der Waals surface area contributed by atoms with Gasteiger partial charge in [-0.3, -0.25) is 4.79 Å². The van der Waals surface area contributed by atoms with Gasteiger partial charge < -0.3 is 39.4 Å². The van der Waals surface area contributed by atoms with Crippen LogP contribution in [0.2, 0.25) is 0 Å². The van der Waals surface area contributed by atoms with Crippen molar-refractivity contribution in [1.29, 1.82) is 0 Å². The normalized spacial score (nSPS) is 20.4. The number of allylic oxidation sites excluding steroid dienone is 16. The van der Waals surface area contributed by atoms with Crippen LogP contribution in [-0.4, -0.2) is 89.6 Å². The summed E-state index contributed by atoms with van der Waals surface area (Å²) in [5.74, 6) is -0.399. The molecule has 0 bridgehead atoms. The van der Waals surface area contributed by atoms with Crippen molar-refractivity contribution in [2.24, 2.45) is 0 Å². The zero-order valence-corrected chi connectivity index (χ0v) is 40.2. The number of unbranched alkanes of at least 4 members (excludes halogenated alkanes) is 15. The highest BCUT2D eigenvalue weighted by Gasteiger charge is 2.44. The van der Waals surface area contributed by atoms with Crippen LogP contribution in [0.15, 0.2) is 97.2 Å². The average molecular weight is 897 g/mol. The first-order valence-electron chi connectivity index (χ1n) is 25.3. The van der Waals surface area contributed by atoms with E-state index in [0.29, 0.717) is 13.0 Å². The molecule has 0 spiro atoms. The molecule has 0 saturated carbocycles. The lowest BCUT2D eigenvalue weighted by atomic mass is 9.99. The van der Waals surface area contributed by atoms with Crippen LogP contribution in [0.5, 0.6) is 0 Å². The molecule has 0 aliphatic carbocycles. The molecule has 1 rings (SSSR count). The highest BCUT2D eigenvalue weighted by molar-refractivity contribution is 5.69. The third-order valence-corrected chi connectivity index (χ3v) is 11.0. The first-order chi connectivity index (χ1) is 31.4. The fourth-order valence-electron chi connectivity index (χ4n) is 7.08. The molecule has 366 valence electrons. The molecular weight excluding hydrogens is 805 g/mol. The van der Waals surface area contributed by atoms with E-state index in [-0.39, 0.29) is 19.6 Å². The topological polar surface area (TPSA) is 135 Å². The first-order valence-corrected chi connectivity index (χ1v) is 25.3. The van der Waals surface area contributed by atoms with E-state index in [1.54, 1.807) is 0 Å². The molecule has 1 aliphatic heterocycles. The van der Waals surface area contributed by atoms with Crippen molar-refractivity contribution in [1.82, 2.24) is 0 Å². The predicted molar refractivity (Wildman–Crippen MR) is 265 cm³/mol. The lowest BCUT2D eigenvalue weighted by Crippen LogP contribution is -2.59. The lowest BCUT2D eigenvalue weighted by Gasteiger charge is -2.39. The third kappa shape index (κ3) is 35.4. The van der Waals surface area contributed by atoms with Gasteiger partial charge in [-0.2, -0.15) is 0 Å². The van der Waals surface area contributed by atoms with Crippen molar-refractivity contribution < 1.29 is 44.2 Å². The van der Waals surface area contributed by atoms with E-state index in [4.69, 9.17) is 18.9 Å². The zero-order chi connectivity index (χ0) is 46.4. The van der Waals surface area contributed by atoms with E-state index in [1.807, 2.05) is 12.2 Å². The number of aliphatic hydroxyl groups excluding tert-OH is 4. The summed E-state index contributed by atoms with van der Waals surface area (Å²) in [5.41, 5.74) is 0. The second-order valence-corrected chi connectivity index (χ2v) is 16.9. The van der Waals surface area contributed by atoms with Gasteiger partial charge >= 0.3 is 5.97 Å². The minimum Gasteiger partial charge on any atom is -0.457 e. The zero-order valence-electron chi connectivity index (χ0n) is 40.2. The van der Waals surface area contributed by atoms with Crippen LogP contribution < -0.4 is 0 Å². The van der Waals surface area contributed by atoms with Gasteiger partial charge in [-0.05, 0) is 83.5 Å². The summed E-state index contributed by atoms with van der Waals surface area (Å²) in [7, 11) is 0. The molecule has 1 fully saturated rings. The molecule has 9 nitrogen and oxygen atoms in total. The maximum atomic E-state index is 12.8. The number of carbonyl (C=O) groups is 1. The maximum absolute atomic E-state index is 12.8. The minimum absolute atomic E-state index is 0.106. The Balaban J connectivity index is 2.27. The van der Waals surface area contributed by atoms with Crippen molar-refractivity contribution in [3.8, 4) is 0 Å². The summed E-state index contributed by atoms with van der Waals surface area (Å²) < 4.78 is 22.8. The summed E-state index contributed by atoms with van der Waals surface area (Å²) in [6, 6.07) is 0. The smallest absolute Gasteiger partial charge is 0.306 e. The number of hydrogen-bond donors (Lipinski definition) is 4. The Kier molecular flexibility index (Phi) is 41.8. The van der Waals surface area contributed by atoms with Gasteiger partial charge in [0.1, 0.15) is 30.5 Å². The highest BCUT2D eigenvalue weighted by atomic mass is 16.7. The summed E-state index contributed by atoms with van der Waals surface area (Å²) in [6.45, 7) is 4.33. The fourth-order valence-corrected chi connectivity index (χ4v) is 7.08. The molecule has 4 N–H and O–H groups in total. The van der Waals surface area contributed by atoms with Crippen LogP contribution in [0.4, 0.5) is 0 Å². The minimum atomic E-state index is -1.56. The molecule has 1 saturated heterocycles. The molecule has 0 radical (unpaired) electrons. The Labute approximate surface area is 390 Å². The van der Waals surface area contributed by atoms with E-state index in [1.165, 1.54) is 89.9 Å². The molecular formula is C55H92O9. The average Bonchev–Trinajstić information content (AvgIpc) is 3.30. The molecule has 0 aromatic carbocycles. The SMILES string of the molecule is CC/C=C\C/C=C\C/C=C\C/C=C\C/C=C\C/C=C\CCC(=O)OC(COCCCCCCCCCCCC/C=C\C/C=C\CCCCCCC)COC1OC(CO)C(O)C(O)C1O. The van der Waals surface area contributed by atoms with Gasteiger partial charge in [-0.25, -0.2) is 0 Å². The second-order valence-electron chi connectivity index (χ2n) is 16.9. The number of esters is 1. The monoisotopic (exact) mass is 897 g/mol. The van der Waals surface area contributed by atoms with Crippen molar-refractivity contribution >= 4 is 5.97 Å². The number of carbonyl (C=O) groups excluding carboxylic acids is 1. The standard InChI is InChI=1S/C55H92O9/c1-3-5-7-9-11-13-15-17-19-21-23-24-25-27-29-31-33-35-37-39-41-43-45-61-47-49(48-62-55-54(60)53(59)52(58)50(46-56)64-55)63-51(57)44-42-40-38-36-34-32-30-28-26-22-20-18-16-14-12-10-8-6-4-2/h6,8,12,14-15,17-18,20-21,23,26,28,32,34,38,40,49-50,52-56,58-60H,3-5,7,9-11,13,16,19,22,24-25,27,29-31,33,35-37,39,41-48H2,1-2H3/b8-6-,14-12-,17-15-,20-18-,23-21-,28-26-,34-32-,40-38-. The van der Waals surface area contributed by atoms with Crippen molar-refractivity contribution in [3.05, 3.63) is 97.2 Å². The van der Waals surface area contributed by atoms with Gasteiger partial charge in [0.15, 0.2) is 6.29 Å². The largest absolute Gasteiger partial charge is 0.457 e. The van der Waals surface area contributed by atoms with Gasteiger partial charge in [0.25, 0.3) is 0 Å². The molecule has 1 aliphatic rings. The van der Waals surface area contributed by atoms with Gasteiger partial charge in [0, 0.05) is 13.0 Å². The summed E-state index contributed by atoms with van der Waals surface area (Å²) in [5, 5.41) is 40.2. The van der Waals surface area contributed by atoms with Gasteiger partial charge in [0.05, 0.1) is 19.8 Å². The molecule has 1 heterocycles. The van der Waals surface area contributed by atoms with E-state index in [0.717, 1.165) is 64.2 Å². The lowest BCUT2D eigenvalue weighted by molar-refractivity contribution is -0.305. The van der Waals surface area contributed by atoms with Crippen LogP contribution in [-0.2, 0) is 23.7 Å².